The van der Waals surface area contributed by atoms with E-state index < -0.39 is 5.82 Å². The Balaban J connectivity index is 1.88. The molecule has 1 aliphatic heterocycles. The Morgan fingerprint density at radius 3 is 2.67 bits per heavy atom. The van der Waals surface area contributed by atoms with Gasteiger partial charge in [-0.1, -0.05) is 32.0 Å². The van der Waals surface area contributed by atoms with Gasteiger partial charge in [0.05, 0.1) is 11.5 Å². The van der Waals surface area contributed by atoms with Crippen molar-refractivity contribution in [3.05, 3.63) is 65.2 Å². The fourth-order valence-corrected chi connectivity index (χ4v) is 2.20. The van der Waals surface area contributed by atoms with Crippen LogP contribution in [0.3, 0.4) is 0 Å². The molecule has 1 aliphatic rings. The maximum absolute atomic E-state index is 13.7. The molecule has 122 valence electrons. The summed E-state index contributed by atoms with van der Waals surface area (Å²) in [6.07, 6.45) is 1.36. The van der Waals surface area contributed by atoms with Crippen LogP contribution in [0, 0.1) is 11.7 Å². The average Bonchev–Trinajstić information content (AvgIpc) is 2.85. The van der Waals surface area contributed by atoms with Gasteiger partial charge in [-0.25, -0.2) is 4.39 Å². The lowest BCUT2D eigenvalue weighted by molar-refractivity contribution is -0.137. The average molecular weight is 326 g/mol. The van der Waals surface area contributed by atoms with Crippen molar-refractivity contribution in [3.8, 4) is 11.5 Å². The molecule has 2 aromatic carbocycles. The molecule has 3 rings (SSSR count). The number of rotatable bonds is 3. The van der Waals surface area contributed by atoms with Crippen molar-refractivity contribution in [2.45, 2.75) is 13.8 Å². The van der Waals surface area contributed by atoms with Crippen molar-refractivity contribution in [1.82, 2.24) is 0 Å². The zero-order valence-electron chi connectivity index (χ0n) is 13.2. The van der Waals surface area contributed by atoms with E-state index in [4.69, 9.17) is 9.47 Å². The first-order valence-corrected chi connectivity index (χ1v) is 7.50. The highest BCUT2D eigenvalue weighted by Gasteiger charge is 2.28. The molecular formula is C19H15FO4. The van der Waals surface area contributed by atoms with Gasteiger partial charge in [-0.05, 0) is 24.3 Å². The summed E-state index contributed by atoms with van der Waals surface area (Å²) in [5, 5.41) is 0. The molecule has 0 unspecified atom stereocenters. The molecule has 0 saturated heterocycles. The van der Waals surface area contributed by atoms with Crippen molar-refractivity contribution < 1.29 is 23.5 Å². The van der Waals surface area contributed by atoms with Gasteiger partial charge in [0.25, 0.3) is 0 Å². The quantitative estimate of drug-likeness (QED) is 0.486. The number of benzene rings is 2. The molecule has 0 bridgehead atoms. The van der Waals surface area contributed by atoms with Crippen molar-refractivity contribution in [3.63, 3.8) is 0 Å². The van der Waals surface area contributed by atoms with Crippen molar-refractivity contribution >= 4 is 17.8 Å². The minimum Gasteiger partial charge on any atom is -0.452 e. The Labute approximate surface area is 138 Å². The molecule has 0 N–H and O–H groups in total. The number of ketones is 1. The fraction of sp³-hybridized carbons (Fsp3) is 0.158. The normalized spacial score (nSPS) is 14.7. The van der Waals surface area contributed by atoms with Gasteiger partial charge in [0.2, 0.25) is 5.78 Å². The lowest BCUT2D eigenvalue weighted by atomic mass is 10.1. The second-order valence-corrected chi connectivity index (χ2v) is 5.70. The number of ether oxygens (including phenoxy) is 2. The fourth-order valence-electron chi connectivity index (χ4n) is 2.20. The zero-order valence-corrected chi connectivity index (χ0v) is 13.2. The first-order valence-electron chi connectivity index (χ1n) is 7.50. The standard InChI is InChI=1S/C19H15FO4/c1-11(2)19(22)23-13-7-8-14-16(10-13)24-17(18(14)21)9-12-5-3-4-6-15(12)20/h3-11H,1-2H3. The van der Waals surface area contributed by atoms with Gasteiger partial charge in [-0.2, -0.15) is 0 Å². The van der Waals surface area contributed by atoms with E-state index in [0.717, 1.165) is 0 Å². The predicted octanol–water partition coefficient (Wildman–Crippen LogP) is 4.00. The maximum atomic E-state index is 13.7. The highest BCUT2D eigenvalue weighted by Crippen LogP contribution is 2.35. The molecule has 0 saturated carbocycles. The van der Waals surface area contributed by atoms with Crippen molar-refractivity contribution in [1.29, 1.82) is 0 Å². The molecule has 0 spiro atoms. The molecule has 0 atom stereocenters. The third-order valence-corrected chi connectivity index (χ3v) is 3.52. The Bertz CT molecular complexity index is 852. The molecule has 0 aromatic heterocycles. The van der Waals surface area contributed by atoms with E-state index in [2.05, 4.69) is 0 Å². The van der Waals surface area contributed by atoms with Crippen LogP contribution < -0.4 is 9.47 Å². The third kappa shape index (κ3) is 3.06. The summed E-state index contributed by atoms with van der Waals surface area (Å²) in [6, 6.07) is 10.6. The highest BCUT2D eigenvalue weighted by atomic mass is 19.1. The number of allylic oxidation sites excluding steroid dienone is 1. The van der Waals surface area contributed by atoms with E-state index in [1.54, 1.807) is 32.0 Å². The van der Waals surface area contributed by atoms with Crippen LogP contribution in [0.25, 0.3) is 6.08 Å². The number of halogens is 1. The molecule has 0 radical (unpaired) electrons. The van der Waals surface area contributed by atoms with Crippen molar-refractivity contribution in [2.24, 2.45) is 5.92 Å². The van der Waals surface area contributed by atoms with Gasteiger partial charge in [0, 0.05) is 11.6 Å². The SMILES string of the molecule is CC(C)C(=O)Oc1ccc2c(c1)OC(=Cc1ccccc1F)C2=O. The highest BCUT2D eigenvalue weighted by molar-refractivity contribution is 6.14. The van der Waals surface area contributed by atoms with Crippen LogP contribution in [-0.2, 0) is 4.79 Å². The Morgan fingerprint density at radius 2 is 1.96 bits per heavy atom. The van der Waals surface area contributed by atoms with E-state index in [0.29, 0.717) is 11.3 Å². The van der Waals surface area contributed by atoms with Gasteiger partial charge in [0.1, 0.15) is 17.3 Å². The van der Waals surface area contributed by atoms with Crippen LogP contribution in [0.4, 0.5) is 4.39 Å². The topological polar surface area (TPSA) is 52.6 Å². The molecule has 0 fully saturated rings. The second kappa shape index (κ2) is 6.28. The molecule has 24 heavy (non-hydrogen) atoms. The summed E-state index contributed by atoms with van der Waals surface area (Å²) in [5.74, 6) is -0.802. The summed E-state index contributed by atoms with van der Waals surface area (Å²) < 4.78 is 24.4. The predicted molar refractivity (Wildman–Crippen MR) is 86.3 cm³/mol. The van der Waals surface area contributed by atoms with Crippen LogP contribution >= 0.6 is 0 Å². The zero-order chi connectivity index (χ0) is 17.3. The van der Waals surface area contributed by atoms with Crippen LogP contribution in [0.1, 0.15) is 29.8 Å². The summed E-state index contributed by atoms with van der Waals surface area (Å²) in [7, 11) is 0. The lowest BCUT2D eigenvalue weighted by Crippen LogP contribution is -2.14. The van der Waals surface area contributed by atoms with E-state index >= 15 is 0 Å². The Kier molecular flexibility index (Phi) is 4.16. The number of carbonyl (C=O) groups is 2. The summed E-state index contributed by atoms with van der Waals surface area (Å²) >= 11 is 0. The number of fused-ring (bicyclic) bond motifs is 1. The van der Waals surface area contributed by atoms with Crippen LogP contribution in [0.2, 0.25) is 0 Å². The molecule has 1 heterocycles. The van der Waals surface area contributed by atoms with E-state index in [1.807, 2.05) is 0 Å². The number of hydrogen-bond acceptors (Lipinski definition) is 4. The van der Waals surface area contributed by atoms with Crippen LogP contribution in [-0.4, -0.2) is 11.8 Å². The molecule has 5 heteroatoms. The molecular weight excluding hydrogens is 311 g/mol. The molecule has 4 nitrogen and oxygen atoms in total. The van der Waals surface area contributed by atoms with Gasteiger partial charge >= 0.3 is 5.97 Å². The first kappa shape index (κ1) is 15.9. The van der Waals surface area contributed by atoms with E-state index in [-0.39, 0.29) is 34.7 Å². The maximum Gasteiger partial charge on any atom is 0.313 e. The van der Waals surface area contributed by atoms with Crippen LogP contribution in [0.15, 0.2) is 48.2 Å². The smallest absolute Gasteiger partial charge is 0.313 e. The molecule has 0 aliphatic carbocycles. The van der Waals surface area contributed by atoms with Gasteiger partial charge in [-0.3, -0.25) is 9.59 Å². The Hall–Kier alpha value is -2.95. The summed E-state index contributed by atoms with van der Waals surface area (Å²) in [5.41, 5.74) is 0.613. The number of carbonyl (C=O) groups excluding carboxylic acids is 2. The van der Waals surface area contributed by atoms with E-state index in [1.165, 1.54) is 30.3 Å². The van der Waals surface area contributed by atoms with Crippen LogP contribution in [0.5, 0.6) is 11.5 Å². The summed E-state index contributed by atoms with van der Waals surface area (Å²) in [4.78, 5) is 24.0. The third-order valence-electron chi connectivity index (χ3n) is 3.52. The summed E-state index contributed by atoms with van der Waals surface area (Å²) in [6.45, 7) is 3.45. The largest absolute Gasteiger partial charge is 0.452 e. The number of Topliss-reactive ketones (excluding diaryl/α,β-unsaturated/α-hetero) is 1. The number of esters is 1. The minimum atomic E-state index is -0.441. The van der Waals surface area contributed by atoms with Crippen molar-refractivity contribution in [2.75, 3.05) is 0 Å². The molecule has 2 aromatic rings. The number of hydrogen-bond donors (Lipinski definition) is 0. The Morgan fingerprint density at radius 1 is 1.21 bits per heavy atom. The van der Waals surface area contributed by atoms with Gasteiger partial charge < -0.3 is 9.47 Å². The van der Waals surface area contributed by atoms with Gasteiger partial charge in [0.15, 0.2) is 5.76 Å². The monoisotopic (exact) mass is 326 g/mol. The second-order valence-electron chi connectivity index (χ2n) is 5.70. The lowest BCUT2D eigenvalue weighted by Gasteiger charge is -2.07. The first-order chi connectivity index (χ1) is 11.5. The molecule has 0 amide bonds. The minimum absolute atomic E-state index is 0.0300. The van der Waals surface area contributed by atoms with E-state index in [9.17, 15) is 14.0 Å². The van der Waals surface area contributed by atoms with Gasteiger partial charge in [-0.15, -0.1) is 0 Å².